The summed E-state index contributed by atoms with van der Waals surface area (Å²) in [5, 5.41) is 0.487. The molecular formula is C23H27ClF2N4O4S. The quantitative estimate of drug-likeness (QED) is 0.595. The van der Waals surface area contributed by atoms with Crippen LogP contribution in [0.1, 0.15) is 17.9 Å². The lowest BCUT2D eigenvalue weighted by molar-refractivity contribution is 0.0958. The van der Waals surface area contributed by atoms with Gasteiger partial charge in [0.1, 0.15) is 0 Å². The van der Waals surface area contributed by atoms with Gasteiger partial charge in [-0.05, 0) is 30.2 Å². The summed E-state index contributed by atoms with van der Waals surface area (Å²) in [6.07, 6.45) is 3.23. The van der Waals surface area contributed by atoms with Gasteiger partial charge in [0, 0.05) is 63.4 Å². The zero-order chi connectivity index (χ0) is 25.2. The first-order valence-corrected chi connectivity index (χ1v) is 13.5. The Bertz CT molecular complexity index is 1160. The molecule has 2 aliphatic heterocycles. The molecule has 1 aromatic heterocycles. The Morgan fingerprint density at radius 2 is 1.83 bits per heavy atom. The number of carbonyl (C=O) groups excluding carboxylic acids is 1. The first kappa shape index (κ1) is 25.6. The number of aromatic nitrogens is 1. The molecule has 0 spiro atoms. The maximum Gasteiger partial charge on any atom is 0.320 e. The lowest BCUT2D eigenvalue weighted by atomic mass is 9.81. The van der Waals surface area contributed by atoms with Gasteiger partial charge in [0.25, 0.3) is 0 Å². The highest BCUT2D eigenvalue weighted by Crippen LogP contribution is 2.34. The molecule has 2 aromatic rings. The van der Waals surface area contributed by atoms with Gasteiger partial charge in [-0.1, -0.05) is 17.7 Å². The number of likely N-dealkylation sites (tertiary alicyclic amines) is 1. The monoisotopic (exact) mass is 528 g/mol. The summed E-state index contributed by atoms with van der Waals surface area (Å²) in [7, 11) is -3.30. The minimum atomic E-state index is -3.30. The Morgan fingerprint density at radius 1 is 1.09 bits per heavy atom. The van der Waals surface area contributed by atoms with E-state index in [4.69, 9.17) is 16.3 Å². The third-order valence-corrected chi connectivity index (χ3v) is 8.05. The number of amides is 2. The summed E-state index contributed by atoms with van der Waals surface area (Å²) in [5.41, 5.74) is 0.584. The average Bonchev–Trinajstić information content (AvgIpc) is 2.84. The Balaban J connectivity index is 1.47. The van der Waals surface area contributed by atoms with Crippen LogP contribution in [0.2, 0.25) is 5.02 Å². The van der Waals surface area contributed by atoms with Crippen molar-refractivity contribution in [3.05, 3.63) is 58.7 Å². The van der Waals surface area contributed by atoms with Crippen molar-refractivity contribution in [2.45, 2.75) is 12.3 Å². The van der Waals surface area contributed by atoms with Crippen LogP contribution in [-0.4, -0.2) is 85.7 Å². The molecule has 12 heteroatoms. The van der Waals surface area contributed by atoms with Crippen LogP contribution in [0.15, 0.2) is 36.5 Å². The van der Waals surface area contributed by atoms with E-state index in [0.29, 0.717) is 49.1 Å². The largest absolute Gasteiger partial charge is 0.477 e. The molecule has 2 saturated heterocycles. The van der Waals surface area contributed by atoms with E-state index < -0.39 is 21.7 Å². The number of piperazine rings is 1. The van der Waals surface area contributed by atoms with E-state index in [-0.39, 0.29) is 37.6 Å². The van der Waals surface area contributed by atoms with Crippen molar-refractivity contribution >= 4 is 27.7 Å². The lowest BCUT2D eigenvalue weighted by Gasteiger charge is -2.42. The number of rotatable bonds is 5. The summed E-state index contributed by atoms with van der Waals surface area (Å²) >= 11 is 5.87. The summed E-state index contributed by atoms with van der Waals surface area (Å²) in [5.74, 6) is -1.82. The topological polar surface area (TPSA) is 83.1 Å². The van der Waals surface area contributed by atoms with E-state index in [1.165, 1.54) is 22.6 Å². The molecule has 1 aromatic carbocycles. The molecule has 0 unspecified atom stereocenters. The maximum absolute atomic E-state index is 14.1. The van der Waals surface area contributed by atoms with E-state index in [9.17, 15) is 22.0 Å². The second-order valence-corrected chi connectivity index (χ2v) is 11.3. The smallest absolute Gasteiger partial charge is 0.320 e. The van der Waals surface area contributed by atoms with Gasteiger partial charge in [0.15, 0.2) is 11.6 Å². The number of piperidine rings is 1. The minimum Gasteiger partial charge on any atom is -0.477 e. The van der Waals surface area contributed by atoms with Crippen LogP contribution in [-0.2, 0) is 10.0 Å². The van der Waals surface area contributed by atoms with Crippen LogP contribution in [0.3, 0.4) is 0 Å². The fourth-order valence-corrected chi connectivity index (χ4v) is 5.48. The summed E-state index contributed by atoms with van der Waals surface area (Å²) < 4.78 is 58.4. The van der Waals surface area contributed by atoms with E-state index >= 15 is 0 Å². The van der Waals surface area contributed by atoms with Gasteiger partial charge in [0.05, 0.1) is 17.9 Å². The van der Waals surface area contributed by atoms with Gasteiger partial charge in [-0.3, -0.25) is 0 Å². The van der Waals surface area contributed by atoms with Gasteiger partial charge in [-0.15, -0.1) is 0 Å². The average molecular weight is 529 g/mol. The van der Waals surface area contributed by atoms with Crippen molar-refractivity contribution in [2.24, 2.45) is 5.92 Å². The van der Waals surface area contributed by atoms with Crippen molar-refractivity contribution in [3.63, 3.8) is 0 Å². The number of ether oxygens (including phenoxy) is 1. The Kier molecular flexibility index (Phi) is 7.77. The molecule has 0 radical (unpaired) electrons. The molecule has 2 aliphatic rings. The van der Waals surface area contributed by atoms with Gasteiger partial charge in [-0.2, -0.15) is 4.31 Å². The van der Waals surface area contributed by atoms with Crippen molar-refractivity contribution < 1.29 is 26.7 Å². The highest BCUT2D eigenvalue weighted by molar-refractivity contribution is 7.88. The molecule has 0 bridgehead atoms. The number of urea groups is 1. The zero-order valence-electron chi connectivity index (χ0n) is 19.2. The van der Waals surface area contributed by atoms with Crippen molar-refractivity contribution in [1.82, 2.24) is 19.1 Å². The van der Waals surface area contributed by atoms with Crippen molar-refractivity contribution in [2.75, 3.05) is 52.1 Å². The molecule has 2 amide bonds. The molecule has 2 fully saturated rings. The number of benzene rings is 1. The van der Waals surface area contributed by atoms with Gasteiger partial charge < -0.3 is 14.5 Å². The zero-order valence-corrected chi connectivity index (χ0v) is 20.8. The predicted molar refractivity (Wildman–Crippen MR) is 127 cm³/mol. The predicted octanol–water partition coefficient (Wildman–Crippen LogP) is 3.19. The number of sulfonamides is 1. The standard InChI is InChI=1S/C23H27ClF2N4O4S/c1-35(32,33)30-10-8-28(9-11-30)23(31)29-7-6-17(15-34-22-5-3-18(24)13-27-22)19(14-29)16-2-4-20(25)21(26)12-16/h2-5,12-13,17,19H,6-11,14-15H2,1H3/t17-,19-/m0/s1. The van der Waals surface area contributed by atoms with Crippen LogP contribution in [0, 0.1) is 17.6 Å². The molecule has 4 rings (SSSR count). The lowest BCUT2D eigenvalue weighted by Crippen LogP contribution is -2.56. The Labute approximate surface area is 208 Å². The molecule has 0 aliphatic carbocycles. The number of nitrogens with zero attached hydrogens (tertiary/aromatic N) is 4. The van der Waals surface area contributed by atoms with Gasteiger partial charge >= 0.3 is 6.03 Å². The van der Waals surface area contributed by atoms with Crippen LogP contribution in [0.5, 0.6) is 5.88 Å². The molecule has 3 heterocycles. The molecule has 35 heavy (non-hydrogen) atoms. The maximum atomic E-state index is 14.1. The fourth-order valence-electron chi connectivity index (χ4n) is 4.55. The van der Waals surface area contributed by atoms with E-state index in [1.54, 1.807) is 21.9 Å². The normalized spacial score (nSPS) is 21.7. The van der Waals surface area contributed by atoms with Crippen molar-refractivity contribution in [3.8, 4) is 5.88 Å². The summed E-state index contributed by atoms with van der Waals surface area (Å²) in [4.78, 5) is 20.7. The summed E-state index contributed by atoms with van der Waals surface area (Å²) in [6.45, 7) is 2.14. The van der Waals surface area contributed by atoms with E-state index in [2.05, 4.69) is 4.98 Å². The number of hydrogen-bond acceptors (Lipinski definition) is 5. The van der Waals surface area contributed by atoms with E-state index in [1.807, 2.05) is 0 Å². The van der Waals surface area contributed by atoms with Gasteiger partial charge in [-0.25, -0.2) is 27.0 Å². The number of pyridine rings is 1. The van der Waals surface area contributed by atoms with Crippen LogP contribution in [0.4, 0.5) is 13.6 Å². The highest BCUT2D eigenvalue weighted by atomic mass is 35.5. The fraction of sp³-hybridized carbons (Fsp3) is 0.478. The minimum absolute atomic E-state index is 0.0662. The molecule has 0 saturated carbocycles. The molecular weight excluding hydrogens is 502 g/mol. The number of carbonyl (C=O) groups is 1. The number of halogens is 3. The third-order valence-electron chi connectivity index (χ3n) is 6.52. The molecule has 0 N–H and O–H groups in total. The number of hydrogen-bond donors (Lipinski definition) is 0. The first-order valence-electron chi connectivity index (χ1n) is 11.3. The molecule has 8 nitrogen and oxygen atoms in total. The SMILES string of the molecule is CS(=O)(=O)N1CCN(C(=O)N2CC[C@@H](COc3ccc(Cl)cn3)[C@H](c3ccc(F)c(F)c3)C2)CC1. The van der Waals surface area contributed by atoms with Crippen LogP contribution >= 0.6 is 11.6 Å². The molecule has 2 atom stereocenters. The second-order valence-electron chi connectivity index (χ2n) is 8.83. The Morgan fingerprint density at radius 3 is 2.46 bits per heavy atom. The van der Waals surface area contributed by atoms with Gasteiger partial charge in [0.2, 0.25) is 15.9 Å². The Hall–Kier alpha value is -2.50. The first-order chi connectivity index (χ1) is 16.6. The summed E-state index contributed by atoms with van der Waals surface area (Å²) in [6, 6.07) is 6.94. The molecule has 190 valence electrons. The van der Waals surface area contributed by atoms with Crippen molar-refractivity contribution in [1.29, 1.82) is 0 Å². The van der Waals surface area contributed by atoms with Crippen LogP contribution < -0.4 is 4.74 Å². The third kappa shape index (κ3) is 6.20. The van der Waals surface area contributed by atoms with E-state index in [0.717, 1.165) is 12.3 Å². The second kappa shape index (κ2) is 10.6. The highest BCUT2D eigenvalue weighted by Gasteiger charge is 2.36. The van der Waals surface area contributed by atoms with Crippen LogP contribution in [0.25, 0.3) is 0 Å².